The summed E-state index contributed by atoms with van der Waals surface area (Å²) in [6, 6.07) is 13.1. The summed E-state index contributed by atoms with van der Waals surface area (Å²) in [7, 11) is -3.47. The van der Waals surface area contributed by atoms with E-state index in [1.807, 2.05) is 18.2 Å². The minimum atomic E-state index is -3.47. The third kappa shape index (κ3) is 3.92. The molecule has 0 saturated carbocycles. The van der Waals surface area contributed by atoms with Crippen LogP contribution in [0.3, 0.4) is 0 Å². The Morgan fingerprint density at radius 2 is 1.74 bits per heavy atom. The standard InChI is InChI=1S/C17H18ClNO3S/c1-3-23(21,22)16-11-7-5-9-14(16)17(20)19-12(2)13-8-4-6-10-15(13)18/h4-12H,3H2,1-2H3,(H,19,20)/t12-/m1/s1. The molecular weight excluding hydrogens is 334 g/mol. The summed E-state index contributed by atoms with van der Waals surface area (Å²) in [5, 5.41) is 3.35. The molecule has 23 heavy (non-hydrogen) atoms. The van der Waals surface area contributed by atoms with Crippen LogP contribution in [0.25, 0.3) is 0 Å². The summed E-state index contributed by atoms with van der Waals surface area (Å²) in [6.07, 6.45) is 0. The number of benzene rings is 2. The van der Waals surface area contributed by atoms with E-state index >= 15 is 0 Å². The van der Waals surface area contributed by atoms with Gasteiger partial charge in [-0.2, -0.15) is 0 Å². The van der Waals surface area contributed by atoms with Crippen LogP contribution in [0, 0.1) is 0 Å². The SMILES string of the molecule is CCS(=O)(=O)c1ccccc1C(=O)N[C@H](C)c1ccccc1Cl. The zero-order chi connectivity index (χ0) is 17.0. The van der Waals surface area contributed by atoms with Crippen molar-refractivity contribution in [3.8, 4) is 0 Å². The lowest BCUT2D eigenvalue weighted by atomic mass is 10.1. The van der Waals surface area contributed by atoms with Gasteiger partial charge < -0.3 is 5.32 Å². The van der Waals surface area contributed by atoms with Gasteiger partial charge in [0.1, 0.15) is 0 Å². The van der Waals surface area contributed by atoms with Gasteiger partial charge >= 0.3 is 0 Å². The van der Waals surface area contributed by atoms with Crippen LogP contribution in [0.4, 0.5) is 0 Å². The van der Waals surface area contributed by atoms with Gasteiger partial charge in [0, 0.05) is 5.02 Å². The number of carbonyl (C=O) groups is 1. The van der Waals surface area contributed by atoms with Gasteiger partial charge in [0.05, 0.1) is 22.3 Å². The molecule has 0 bridgehead atoms. The van der Waals surface area contributed by atoms with Gasteiger partial charge in [-0.05, 0) is 30.7 Å². The highest BCUT2D eigenvalue weighted by Gasteiger charge is 2.22. The molecule has 0 heterocycles. The predicted molar refractivity (Wildman–Crippen MR) is 91.5 cm³/mol. The first-order valence-corrected chi connectivity index (χ1v) is 9.27. The minimum Gasteiger partial charge on any atom is -0.345 e. The molecule has 6 heteroatoms. The highest BCUT2D eigenvalue weighted by Crippen LogP contribution is 2.23. The quantitative estimate of drug-likeness (QED) is 0.894. The predicted octanol–water partition coefficient (Wildman–Crippen LogP) is 3.62. The molecule has 2 rings (SSSR count). The van der Waals surface area contributed by atoms with E-state index in [-0.39, 0.29) is 22.3 Å². The molecule has 1 N–H and O–H groups in total. The normalized spacial score (nSPS) is 12.7. The lowest BCUT2D eigenvalue weighted by Gasteiger charge is -2.17. The molecule has 0 aromatic heterocycles. The minimum absolute atomic E-state index is 0.0476. The molecule has 1 atom stereocenters. The second kappa shape index (κ2) is 7.15. The summed E-state index contributed by atoms with van der Waals surface area (Å²) in [6.45, 7) is 3.35. The number of sulfone groups is 1. The Bertz CT molecular complexity index is 818. The molecule has 2 aromatic rings. The molecule has 4 nitrogen and oxygen atoms in total. The fraction of sp³-hybridized carbons (Fsp3) is 0.235. The van der Waals surface area contributed by atoms with Crippen LogP contribution >= 0.6 is 11.6 Å². The second-order valence-electron chi connectivity index (χ2n) is 5.12. The number of amides is 1. The Labute approximate surface area is 141 Å². The van der Waals surface area contributed by atoms with Gasteiger partial charge in [0.2, 0.25) is 0 Å². The van der Waals surface area contributed by atoms with Gasteiger partial charge in [0.15, 0.2) is 9.84 Å². The Balaban J connectivity index is 2.31. The van der Waals surface area contributed by atoms with Crippen molar-refractivity contribution >= 4 is 27.3 Å². The lowest BCUT2D eigenvalue weighted by molar-refractivity contribution is 0.0936. The van der Waals surface area contributed by atoms with Crippen LogP contribution in [0.1, 0.15) is 35.8 Å². The van der Waals surface area contributed by atoms with E-state index < -0.39 is 15.7 Å². The van der Waals surface area contributed by atoms with Crippen LogP contribution in [0.15, 0.2) is 53.4 Å². The third-order valence-corrected chi connectivity index (χ3v) is 5.70. The van der Waals surface area contributed by atoms with Crippen LogP contribution in [0.5, 0.6) is 0 Å². The van der Waals surface area contributed by atoms with Gasteiger partial charge in [-0.25, -0.2) is 8.42 Å². The molecule has 0 unspecified atom stereocenters. The molecule has 0 spiro atoms. The van der Waals surface area contributed by atoms with Crippen molar-refractivity contribution in [2.45, 2.75) is 24.8 Å². The molecule has 0 saturated heterocycles. The average Bonchev–Trinajstić information content (AvgIpc) is 2.55. The van der Waals surface area contributed by atoms with Crippen LogP contribution in [0.2, 0.25) is 5.02 Å². The summed E-state index contributed by atoms with van der Waals surface area (Å²) in [5.74, 6) is -0.498. The first-order valence-electron chi connectivity index (χ1n) is 7.24. The number of nitrogens with one attached hydrogen (secondary N) is 1. The zero-order valence-electron chi connectivity index (χ0n) is 12.9. The fourth-order valence-corrected chi connectivity index (χ4v) is 3.65. The maximum absolute atomic E-state index is 12.5. The maximum atomic E-state index is 12.5. The van der Waals surface area contributed by atoms with E-state index in [4.69, 9.17) is 11.6 Å². The molecule has 0 aliphatic heterocycles. The largest absolute Gasteiger partial charge is 0.345 e. The van der Waals surface area contributed by atoms with E-state index in [9.17, 15) is 13.2 Å². The van der Waals surface area contributed by atoms with Crippen LogP contribution in [-0.2, 0) is 9.84 Å². The van der Waals surface area contributed by atoms with Gasteiger partial charge in [-0.3, -0.25) is 4.79 Å². The zero-order valence-corrected chi connectivity index (χ0v) is 14.5. The molecule has 122 valence electrons. The first-order chi connectivity index (χ1) is 10.9. The fourth-order valence-electron chi connectivity index (χ4n) is 2.26. The van der Waals surface area contributed by atoms with E-state index in [2.05, 4.69) is 5.32 Å². The Kier molecular flexibility index (Phi) is 5.44. The average molecular weight is 352 g/mol. The molecule has 0 fully saturated rings. The summed E-state index contributed by atoms with van der Waals surface area (Å²) in [4.78, 5) is 12.6. The molecule has 2 aromatic carbocycles. The van der Waals surface area contributed by atoms with Crippen molar-refractivity contribution < 1.29 is 13.2 Å². The lowest BCUT2D eigenvalue weighted by Crippen LogP contribution is -2.28. The molecule has 1 amide bonds. The Morgan fingerprint density at radius 1 is 1.13 bits per heavy atom. The van der Waals surface area contributed by atoms with Crippen molar-refractivity contribution in [2.75, 3.05) is 5.75 Å². The Hall–Kier alpha value is -1.85. The number of carbonyl (C=O) groups excluding carboxylic acids is 1. The topological polar surface area (TPSA) is 63.2 Å². The highest BCUT2D eigenvalue weighted by molar-refractivity contribution is 7.91. The highest BCUT2D eigenvalue weighted by atomic mass is 35.5. The van der Waals surface area contributed by atoms with E-state index in [1.165, 1.54) is 12.1 Å². The smallest absolute Gasteiger partial charge is 0.253 e. The summed E-state index contributed by atoms with van der Waals surface area (Å²) < 4.78 is 24.3. The van der Waals surface area contributed by atoms with Crippen molar-refractivity contribution in [3.05, 3.63) is 64.7 Å². The number of hydrogen-bond acceptors (Lipinski definition) is 3. The number of halogens is 1. The maximum Gasteiger partial charge on any atom is 0.253 e. The van der Waals surface area contributed by atoms with Crippen molar-refractivity contribution in [1.82, 2.24) is 5.32 Å². The van der Waals surface area contributed by atoms with Crippen molar-refractivity contribution in [2.24, 2.45) is 0 Å². The third-order valence-electron chi connectivity index (χ3n) is 3.57. The molecule has 0 radical (unpaired) electrons. The van der Waals surface area contributed by atoms with Crippen LogP contribution in [-0.4, -0.2) is 20.1 Å². The summed E-state index contributed by atoms with van der Waals surface area (Å²) >= 11 is 6.13. The van der Waals surface area contributed by atoms with E-state index in [0.29, 0.717) is 5.02 Å². The Morgan fingerprint density at radius 3 is 2.39 bits per heavy atom. The van der Waals surface area contributed by atoms with Gasteiger partial charge in [-0.15, -0.1) is 0 Å². The van der Waals surface area contributed by atoms with Gasteiger partial charge in [0.25, 0.3) is 5.91 Å². The number of hydrogen-bond donors (Lipinski definition) is 1. The van der Waals surface area contributed by atoms with Crippen LogP contribution < -0.4 is 5.32 Å². The first kappa shape index (κ1) is 17.5. The summed E-state index contributed by atoms with van der Waals surface area (Å²) in [5.41, 5.74) is 0.923. The monoisotopic (exact) mass is 351 g/mol. The van der Waals surface area contributed by atoms with E-state index in [0.717, 1.165) is 5.56 Å². The number of rotatable bonds is 5. The van der Waals surface area contributed by atoms with Crippen molar-refractivity contribution in [3.63, 3.8) is 0 Å². The molecule has 0 aliphatic rings. The second-order valence-corrected chi connectivity index (χ2v) is 7.77. The van der Waals surface area contributed by atoms with Gasteiger partial charge in [-0.1, -0.05) is 48.9 Å². The van der Waals surface area contributed by atoms with E-state index in [1.54, 1.807) is 32.0 Å². The molecule has 0 aliphatic carbocycles. The molecular formula is C17H18ClNO3S. The van der Waals surface area contributed by atoms with Crippen molar-refractivity contribution in [1.29, 1.82) is 0 Å².